The van der Waals surface area contributed by atoms with Crippen molar-refractivity contribution in [1.82, 2.24) is 10.2 Å². The molecule has 0 amide bonds. The van der Waals surface area contributed by atoms with Crippen molar-refractivity contribution in [3.05, 3.63) is 24.4 Å². The lowest BCUT2D eigenvalue weighted by molar-refractivity contribution is -0.364. The summed E-state index contributed by atoms with van der Waals surface area (Å²) >= 11 is 5.48. The lowest BCUT2D eigenvalue weighted by atomic mass is 10.3. The van der Waals surface area contributed by atoms with Crippen molar-refractivity contribution in [3.8, 4) is 0 Å². The number of ether oxygens (including phenoxy) is 1. The number of rotatable bonds is 6. The van der Waals surface area contributed by atoms with Crippen molar-refractivity contribution in [3.63, 3.8) is 0 Å². The van der Waals surface area contributed by atoms with Crippen molar-refractivity contribution >= 4 is 23.1 Å². The van der Waals surface area contributed by atoms with Gasteiger partial charge in [-0.1, -0.05) is 6.07 Å². The van der Waals surface area contributed by atoms with Crippen LogP contribution in [0.15, 0.2) is 24.4 Å². The molecule has 6 heteroatoms. The van der Waals surface area contributed by atoms with E-state index >= 15 is 0 Å². The van der Waals surface area contributed by atoms with Crippen LogP contribution in [0.4, 0.5) is 5.82 Å². The predicted octanol–water partition coefficient (Wildman–Crippen LogP) is 1.31. The fraction of sp³-hybridized carbons (Fsp3) is 0.625. The van der Waals surface area contributed by atoms with Gasteiger partial charge in [-0.05, 0) is 38.6 Å². The fourth-order valence-corrected chi connectivity index (χ4v) is 2.71. The molecule has 0 spiro atoms. The second kappa shape index (κ2) is 8.90. The molecule has 2 N–H and O–H groups in total. The van der Waals surface area contributed by atoms with Crippen LogP contribution in [-0.4, -0.2) is 55.4 Å². The summed E-state index contributed by atoms with van der Waals surface area (Å²) in [5, 5.41) is 4.19. The minimum atomic E-state index is 0.301. The number of thiocarbonyl (C=S) groups is 1. The molecule has 0 bridgehead atoms. The Kier molecular flexibility index (Phi) is 6.86. The molecule has 2 rings (SSSR count). The highest BCUT2D eigenvalue weighted by molar-refractivity contribution is 7.80. The first-order valence-corrected chi connectivity index (χ1v) is 8.43. The van der Waals surface area contributed by atoms with E-state index in [1.165, 1.54) is 5.82 Å². The molecule has 1 saturated heterocycles. The van der Waals surface area contributed by atoms with E-state index in [0.29, 0.717) is 6.10 Å². The van der Waals surface area contributed by atoms with E-state index in [0.717, 1.165) is 50.9 Å². The van der Waals surface area contributed by atoms with Crippen LogP contribution < -0.4 is 15.2 Å². The van der Waals surface area contributed by atoms with Gasteiger partial charge in [0.2, 0.25) is 0 Å². The number of H-pyrrole nitrogens is 1. The van der Waals surface area contributed by atoms with Crippen LogP contribution in [0, 0.1) is 0 Å². The summed E-state index contributed by atoms with van der Waals surface area (Å²) in [6.45, 7) is 9.65. The van der Waals surface area contributed by atoms with E-state index in [1.54, 1.807) is 0 Å². The molecule has 0 atom stereocenters. The van der Waals surface area contributed by atoms with Crippen LogP contribution in [0.1, 0.15) is 20.3 Å². The zero-order valence-corrected chi connectivity index (χ0v) is 14.4. The summed E-state index contributed by atoms with van der Waals surface area (Å²) in [6, 6.07) is 6.17. The third kappa shape index (κ3) is 5.42. The maximum atomic E-state index is 5.53. The second-order valence-electron chi connectivity index (χ2n) is 5.73. The van der Waals surface area contributed by atoms with Gasteiger partial charge in [0, 0.05) is 19.2 Å². The Hall–Kier alpha value is -1.40. The molecule has 0 saturated carbocycles. The van der Waals surface area contributed by atoms with Crippen LogP contribution in [-0.2, 0) is 4.74 Å². The second-order valence-corrected chi connectivity index (χ2v) is 6.11. The minimum absolute atomic E-state index is 0.301. The van der Waals surface area contributed by atoms with Crippen LogP contribution in [0.25, 0.3) is 0 Å². The average molecular weight is 323 g/mol. The first-order valence-electron chi connectivity index (χ1n) is 8.03. The lowest BCUT2D eigenvalue weighted by Crippen LogP contribution is -2.52. The van der Waals surface area contributed by atoms with Gasteiger partial charge < -0.3 is 15.0 Å². The molecule has 22 heavy (non-hydrogen) atoms. The third-order valence-corrected chi connectivity index (χ3v) is 4.05. The van der Waals surface area contributed by atoms with Crippen molar-refractivity contribution in [2.24, 2.45) is 0 Å². The maximum absolute atomic E-state index is 5.53. The van der Waals surface area contributed by atoms with E-state index in [9.17, 15) is 0 Å². The summed E-state index contributed by atoms with van der Waals surface area (Å²) in [5.41, 5.74) is 0. The number of nitrogens with one attached hydrogen (secondary N) is 2. The predicted molar refractivity (Wildman–Crippen MR) is 93.1 cm³/mol. The fourth-order valence-electron chi connectivity index (χ4n) is 2.43. The molecule has 0 aromatic carbocycles. The molecule has 1 aliphatic rings. The molecule has 122 valence electrons. The average Bonchev–Trinajstić information content (AvgIpc) is 2.55. The van der Waals surface area contributed by atoms with Gasteiger partial charge in [-0.2, -0.15) is 0 Å². The normalized spacial score (nSPS) is 15.2. The molecular weight excluding hydrogens is 296 g/mol. The number of piperazine rings is 1. The minimum Gasteiger partial charge on any atom is -0.379 e. The number of anilines is 1. The van der Waals surface area contributed by atoms with Gasteiger partial charge in [0.05, 0.1) is 25.4 Å². The van der Waals surface area contributed by atoms with Crippen LogP contribution >= 0.6 is 12.2 Å². The van der Waals surface area contributed by atoms with Crippen LogP contribution in [0.3, 0.4) is 0 Å². The van der Waals surface area contributed by atoms with Gasteiger partial charge in [-0.15, -0.1) is 0 Å². The summed E-state index contributed by atoms with van der Waals surface area (Å²) in [4.78, 5) is 7.89. The summed E-state index contributed by atoms with van der Waals surface area (Å²) < 4.78 is 5.53. The van der Waals surface area contributed by atoms with E-state index in [2.05, 4.69) is 46.1 Å². The van der Waals surface area contributed by atoms with Gasteiger partial charge >= 0.3 is 0 Å². The monoisotopic (exact) mass is 323 g/mol. The highest BCUT2D eigenvalue weighted by atomic mass is 32.1. The van der Waals surface area contributed by atoms with Crippen molar-refractivity contribution < 1.29 is 9.72 Å². The van der Waals surface area contributed by atoms with Crippen LogP contribution in [0.2, 0.25) is 0 Å². The molecule has 1 aromatic heterocycles. The summed E-state index contributed by atoms with van der Waals surface area (Å²) in [5.74, 6) is 1.17. The molecule has 1 aliphatic heterocycles. The van der Waals surface area contributed by atoms with E-state index in [-0.39, 0.29) is 0 Å². The number of hydrogen-bond acceptors (Lipinski definition) is 3. The first-order chi connectivity index (χ1) is 10.7. The van der Waals surface area contributed by atoms with E-state index < -0.39 is 0 Å². The molecular formula is C16H27N4OS+. The largest absolute Gasteiger partial charge is 0.379 e. The van der Waals surface area contributed by atoms with Gasteiger partial charge in [0.25, 0.3) is 5.82 Å². The summed E-state index contributed by atoms with van der Waals surface area (Å²) in [7, 11) is 0. The quantitative estimate of drug-likeness (QED) is 0.632. The van der Waals surface area contributed by atoms with E-state index in [4.69, 9.17) is 17.0 Å². The lowest BCUT2D eigenvalue weighted by Gasteiger charge is -2.32. The zero-order valence-electron chi connectivity index (χ0n) is 13.5. The Bertz CT molecular complexity index is 447. The van der Waals surface area contributed by atoms with E-state index in [1.807, 2.05) is 12.3 Å². The van der Waals surface area contributed by atoms with Crippen molar-refractivity contribution in [2.45, 2.75) is 26.4 Å². The zero-order chi connectivity index (χ0) is 15.8. The molecule has 0 aliphatic carbocycles. The Balaban J connectivity index is 1.65. The number of pyridine rings is 1. The van der Waals surface area contributed by atoms with Gasteiger partial charge in [0.15, 0.2) is 5.11 Å². The van der Waals surface area contributed by atoms with Gasteiger partial charge in [-0.25, -0.2) is 4.98 Å². The molecule has 0 radical (unpaired) electrons. The van der Waals surface area contributed by atoms with Gasteiger partial charge in [0.1, 0.15) is 13.1 Å². The summed E-state index contributed by atoms with van der Waals surface area (Å²) in [6.07, 6.45) is 3.25. The Morgan fingerprint density at radius 3 is 2.73 bits per heavy atom. The number of hydrogen-bond donors (Lipinski definition) is 1. The Labute approximate surface area is 138 Å². The van der Waals surface area contributed by atoms with Crippen molar-refractivity contribution in [1.29, 1.82) is 0 Å². The Morgan fingerprint density at radius 2 is 2.09 bits per heavy atom. The third-order valence-electron chi connectivity index (χ3n) is 3.65. The standard InChI is InChI=1S/C16H26N4OS/c1-14(2)21-13-5-8-18-16(22)20-11-9-19(10-12-20)15-6-3-4-7-17-15/h3-4,6-7,14H,5,8-13H2,1-2H3,(H,18,22)/p+1. The highest BCUT2D eigenvalue weighted by Crippen LogP contribution is 2.09. The van der Waals surface area contributed by atoms with Crippen LogP contribution in [0.5, 0.6) is 0 Å². The van der Waals surface area contributed by atoms with Gasteiger partial charge in [-0.3, -0.25) is 4.90 Å². The first kappa shape index (κ1) is 17.0. The molecule has 5 nitrogen and oxygen atoms in total. The number of aromatic amines is 1. The molecule has 0 unspecified atom stereocenters. The smallest absolute Gasteiger partial charge is 0.274 e. The maximum Gasteiger partial charge on any atom is 0.274 e. The number of aromatic nitrogens is 1. The SMILES string of the molecule is CC(C)OCCCNC(=S)N1CCN(c2cccc[nH+]2)CC1. The van der Waals surface area contributed by atoms with Crippen molar-refractivity contribution in [2.75, 3.05) is 44.2 Å². The molecule has 2 heterocycles. The Morgan fingerprint density at radius 1 is 1.32 bits per heavy atom. The highest BCUT2D eigenvalue weighted by Gasteiger charge is 2.24. The topological polar surface area (TPSA) is 41.9 Å². The molecule has 1 fully saturated rings. The number of nitrogens with zero attached hydrogens (tertiary/aromatic N) is 2. The molecule has 1 aromatic rings.